The Hall–Kier alpha value is -4.42. The van der Waals surface area contributed by atoms with E-state index in [-0.39, 0.29) is 28.4 Å². The topological polar surface area (TPSA) is 111 Å². The van der Waals surface area contributed by atoms with Crippen molar-refractivity contribution in [3.63, 3.8) is 0 Å². The van der Waals surface area contributed by atoms with Crippen molar-refractivity contribution in [1.29, 1.82) is 0 Å². The summed E-state index contributed by atoms with van der Waals surface area (Å²) in [7, 11) is 0. The highest BCUT2D eigenvalue weighted by molar-refractivity contribution is 8.00. The van der Waals surface area contributed by atoms with Gasteiger partial charge in [-0.25, -0.2) is 4.39 Å². The van der Waals surface area contributed by atoms with Gasteiger partial charge >= 0.3 is 5.91 Å². The van der Waals surface area contributed by atoms with Gasteiger partial charge in [0.15, 0.2) is 15.8 Å². The average molecular weight is 690 g/mol. The lowest BCUT2D eigenvalue weighted by molar-refractivity contribution is -0.132. The van der Waals surface area contributed by atoms with Crippen LogP contribution in [0.1, 0.15) is 62.4 Å². The number of ether oxygens (including phenoxy) is 3. The molecule has 2 aliphatic rings. The Morgan fingerprint density at radius 2 is 1.92 bits per heavy atom. The third-order valence-electron chi connectivity index (χ3n) is 8.06. The Kier molecular flexibility index (Phi) is 10.0. The standard InChI is InChI=1S/C36H36FN3O6S2/c1-5-44-29-18-22(10-13-28(29)45-15-14-20(2)3)31-30(32(41)23-11-12-27-25(17-23)16-21(4)46-27)33(42)34(43)40(31)35-38-39-36(48-35)47-19-24-8-6-7-9-26(24)37/h6-13,17-18,20-21,31,41H,5,14-16,19H2,1-4H3/b32-30-. The molecule has 3 aromatic carbocycles. The van der Waals surface area contributed by atoms with E-state index in [0.29, 0.717) is 63.8 Å². The van der Waals surface area contributed by atoms with Crippen LogP contribution >= 0.6 is 23.1 Å². The van der Waals surface area contributed by atoms with Gasteiger partial charge in [-0.1, -0.05) is 61.2 Å². The zero-order valence-electron chi connectivity index (χ0n) is 27.1. The van der Waals surface area contributed by atoms with Crippen molar-refractivity contribution in [1.82, 2.24) is 10.2 Å². The molecule has 0 saturated carbocycles. The van der Waals surface area contributed by atoms with Gasteiger partial charge in [0, 0.05) is 17.7 Å². The Balaban J connectivity index is 1.41. The summed E-state index contributed by atoms with van der Waals surface area (Å²) in [5, 5.41) is 20.4. The summed E-state index contributed by atoms with van der Waals surface area (Å²) >= 11 is 2.39. The minimum atomic E-state index is -1.05. The molecule has 0 radical (unpaired) electrons. The minimum Gasteiger partial charge on any atom is -0.507 e. The molecule has 1 amide bonds. The molecule has 2 unspecified atom stereocenters. The molecule has 0 spiro atoms. The molecule has 3 heterocycles. The maximum atomic E-state index is 14.3. The van der Waals surface area contributed by atoms with E-state index in [1.807, 2.05) is 13.8 Å². The number of fused-ring (bicyclic) bond motifs is 1. The predicted molar refractivity (Wildman–Crippen MR) is 183 cm³/mol. The van der Waals surface area contributed by atoms with E-state index >= 15 is 0 Å². The van der Waals surface area contributed by atoms with Gasteiger partial charge in [-0.15, -0.1) is 10.2 Å². The van der Waals surface area contributed by atoms with Gasteiger partial charge in [-0.05, 0) is 79.3 Å². The lowest BCUT2D eigenvalue weighted by atomic mass is 9.94. The van der Waals surface area contributed by atoms with E-state index in [0.717, 1.165) is 29.1 Å². The van der Waals surface area contributed by atoms with Crippen LogP contribution in [0.2, 0.25) is 0 Å². The van der Waals surface area contributed by atoms with Crippen LogP contribution in [0.5, 0.6) is 17.2 Å². The Morgan fingerprint density at radius 3 is 2.69 bits per heavy atom. The SMILES string of the molecule is CCOc1cc(C2/C(=C(/O)c3ccc4c(c3)CC(C)O4)C(=O)C(=O)N2c2nnc(SCc3ccccc3F)s2)ccc1OCCC(C)C. The summed E-state index contributed by atoms with van der Waals surface area (Å²) in [5.41, 5.74) is 2.24. The lowest BCUT2D eigenvalue weighted by Crippen LogP contribution is -2.29. The number of aliphatic hydroxyl groups excluding tert-OH is 1. The number of ketones is 1. The normalized spacial score (nSPS) is 18.3. The summed E-state index contributed by atoms with van der Waals surface area (Å²) in [6.07, 6.45) is 1.50. The quantitative estimate of drug-likeness (QED) is 0.0525. The molecule has 2 aliphatic heterocycles. The van der Waals surface area contributed by atoms with Crippen LogP contribution in [0.15, 0.2) is 70.6 Å². The first-order valence-corrected chi connectivity index (χ1v) is 17.6. The maximum Gasteiger partial charge on any atom is 0.301 e. The maximum absolute atomic E-state index is 14.3. The van der Waals surface area contributed by atoms with Crippen molar-refractivity contribution in [2.75, 3.05) is 18.1 Å². The number of benzene rings is 3. The van der Waals surface area contributed by atoms with Gasteiger partial charge < -0.3 is 19.3 Å². The Labute approximate surface area is 286 Å². The smallest absolute Gasteiger partial charge is 0.301 e. The van der Waals surface area contributed by atoms with Gasteiger partial charge in [-0.3, -0.25) is 14.5 Å². The van der Waals surface area contributed by atoms with E-state index in [1.54, 1.807) is 54.6 Å². The number of halogens is 1. The second-order valence-corrected chi connectivity index (χ2v) is 14.2. The molecular formula is C36H36FN3O6S2. The molecule has 250 valence electrons. The fourth-order valence-electron chi connectivity index (χ4n) is 5.67. The molecule has 6 rings (SSSR count). The summed E-state index contributed by atoms with van der Waals surface area (Å²) in [5.74, 6) is 0.132. The van der Waals surface area contributed by atoms with Gasteiger partial charge in [-0.2, -0.15) is 0 Å². The average Bonchev–Trinajstić information content (AvgIpc) is 3.75. The number of aliphatic hydroxyl groups is 1. The van der Waals surface area contributed by atoms with Gasteiger partial charge in [0.1, 0.15) is 23.4 Å². The molecule has 1 fully saturated rings. The van der Waals surface area contributed by atoms with Gasteiger partial charge in [0.2, 0.25) is 5.13 Å². The van der Waals surface area contributed by atoms with Crippen LogP contribution in [0.3, 0.4) is 0 Å². The first kappa shape index (κ1) is 33.5. The third-order valence-corrected chi connectivity index (χ3v) is 10.2. The lowest BCUT2D eigenvalue weighted by Gasteiger charge is -2.24. The number of hydrogen-bond donors (Lipinski definition) is 1. The van der Waals surface area contributed by atoms with Crippen LogP contribution in [0.25, 0.3) is 5.76 Å². The van der Waals surface area contributed by atoms with Crippen molar-refractivity contribution in [2.24, 2.45) is 5.92 Å². The molecular weight excluding hydrogens is 654 g/mol. The number of nitrogens with zero attached hydrogens (tertiary/aromatic N) is 3. The van der Waals surface area contributed by atoms with Crippen molar-refractivity contribution in [2.45, 2.75) is 62.8 Å². The molecule has 0 bridgehead atoms. The number of carbonyl (C=O) groups excluding carboxylic acids is 2. The summed E-state index contributed by atoms with van der Waals surface area (Å²) in [4.78, 5) is 28.9. The van der Waals surface area contributed by atoms with Gasteiger partial charge in [0.05, 0.1) is 24.8 Å². The second-order valence-electron chi connectivity index (χ2n) is 12.0. The fraction of sp³-hybridized carbons (Fsp3) is 0.333. The molecule has 0 aliphatic carbocycles. The summed E-state index contributed by atoms with van der Waals surface area (Å²) in [6.45, 7) is 8.90. The van der Waals surface area contributed by atoms with Gasteiger partial charge in [0.25, 0.3) is 5.78 Å². The van der Waals surface area contributed by atoms with E-state index in [4.69, 9.17) is 14.2 Å². The van der Waals surface area contributed by atoms with Crippen LogP contribution < -0.4 is 19.1 Å². The van der Waals surface area contributed by atoms with Crippen molar-refractivity contribution in [3.8, 4) is 17.2 Å². The number of aromatic nitrogens is 2. The van der Waals surface area contributed by atoms with Crippen LogP contribution in [0, 0.1) is 11.7 Å². The fourth-order valence-corrected chi connectivity index (χ4v) is 7.52. The number of thioether (sulfide) groups is 1. The number of anilines is 1. The molecule has 9 nitrogen and oxygen atoms in total. The first-order valence-electron chi connectivity index (χ1n) is 15.8. The number of amides is 1. The number of Topliss-reactive ketones (excluding diaryl/α,β-unsaturated/α-hetero) is 1. The third kappa shape index (κ3) is 6.91. The largest absolute Gasteiger partial charge is 0.507 e. The molecule has 1 saturated heterocycles. The molecule has 1 N–H and O–H groups in total. The van der Waals surface area contributed by atoms with Crippen LogP contribution in [0.4, 0.5) is 9.52 Å². The molecule has 12 heteroatoms. The second kappa shape index (κ2) is 14.4. The van der Waals surface area contributed by atoms with Crippen molar-refractivity contribution in [3.05, 3.63) is 94.3 Å². The van der Waals surface area contributed by atoms with E-state index < -0.39 is 17.7 Å². The van der Waals surface area contributed by atoms with E-state index in [9.17, 15) is 19.1 Å². The van der Waals surface area contributed by atoms with E-state index in [2.05, 4.69) is 24.0 Å². The number of carbonyl (C=O) groups is 2. The Bertz CT molecular complexity index is 1880. The van der Waals surface area contributed by atoms with Crippen LogP contribution in [-0.4, -0.2) is 46.3 Å². The highest BCUT2D eigenvalue weighted by atomic mass is 32.2. The molecule has 4 aromatic rings. The highest BCUT2D eigenvalue weighted by Crippen LogP contribution is 2.46. The molecule has 1 aromatic heterocycles. The van der Waals surface area contributed by atoms with Crippen molar-refractivity contribution >= 4 is 45.7 Å². The highest BCUT2D eigenvalue weighted by Gasteiger charge is 2.48. The predicted octanol–water partition coefficient (Wildman–Crippen LogP) is 7.74. The summed E-state index contributed by atoms with van der Waals surface area (Å²) in [6, 6.07) is 15.9. The number of rotatable bonds is 12. The minimum absolute atomic E-state index is 0.0101. The Morgan fingerprint density at radius 1 is 1.10 bits per heavy atom. The molecule has 2 atom stereocenters. The zero-order chi connectivity index (χ0) is 33.9. The summed E-state index contributed by atoms with van der Waals surface area (Å²) < 4.78 is 32.6. The molecule has 48 heavy (non-hydrogen) atoms. The first-order chi connectivity index (χ1) is 23.1. The monoisotopic (exact) mass is 689 g/mol. The van der Waals surface area contributed by atoms with Crippen LogP contribution in [-0.2, 0) is 21.8 Å². The zero-order valence-corrected chi connectivity index (χ0v) is 28.7. The van der Waals surface area contributed by atoms with E-state index in [1.165, 1.54) is 22.7 Å². The number of hydrogen-bond acceptors (Lipinski definition) is 10. The van der Waals surface area contributed by atoms with Crippen molar-refractivity contribution < 1.29 is 33.3 Å².